The molecule has 0 spiro atoms. The molecule has 0 aromatic rings. The Morgan fingerprint density at radius 1 is 1.27 bits per heavy atom. The van der Waals surface area contributed by atoms with Gasteiger partial charge in [0.15, 0.2) is 0 Å². The van der Waals surface area contributed by atoms with Gasteiger partial charge in [0.05, 0.1) is 5.60 Å². The number of thiol groups is 1. The molecule has 4 unspecified atom stereocenters. The largest absolute Gasteiger partial charge is 0.387 e. The van der Waals surface area contributed by atoms with Crippen LogP contribution in [0.3, 0.4) is 0 Å². The molecule has 2 bridgehead atoms. The van der Waals surface area contributed by atoms with E-state index in [9.17, 15) is 13.5 Å². The van der Waals surface area contributed by atoms with E-state index in [-0.39, 0.29) is 11.3 Å². The van der Waals surface area contributed by atoms with Crippen molar-refractivity contribution in [3.63, 3.8) is 0 Å². The predicted octanol–water partition coefficient (Wildman–Crippen LogP) is 0.715. The summed E-state index contributed by atoms with van der Waals surface area (Å²) in [5, 5.41) is 10.3. The summed E-state index contributed by atoms with van der Waals surface area (Å²) >= 11 is 0. The van der Waals surface area contributed by atoms with Crippen molar-refractivity contribution in [2.75, 3.05) is 0 Å². The van der Waals surface area contributed by atoms with Crippen molar-refractivity contribution < 1.29 is 17.7 Å². The fraction of sp³-hybridized carbons (Fsp3) is 1.00. The lowest BCUT2D eigenvalue weighted by atomic mass is 9.43. The van der Waals surface area contributed by atoms with E-state index in [1.807, 2.05) is 0 Å². The second-order valence-electron chi connectivity index (χ2n) is 5.59. The van der Waals surface area contributed by atoms with Gasteiger partial charge in [-0.25, -0.2) is 8.42 Å². The van der Waals surface area contributed by atoms with Crippen LogP contribution in [0.4, 0.5) is 0 Å². The van der Waals surface area contributed by atoms with E-state index in [1.54, 1.807) is 6.92 Å². The molecule has 0 aliphatic heterocycles. The number of rotatable bonds is 2. The quantitative estimate of drug-likeness (QED) is 0.691. The average molecular weight is 234 g/mol. The van der Waals surface area contributed by atoms with Crippen molar-refractivity contribution in [2.24, 2.45) is 17.3 Å². The van der Waals surface area contributed by atoms with Gasteiger partial charge in [0.25, 0.3) is 11.0 Å². The van der Waals surface area contributed by atoms with E-state index >= 15 is 0 Å². The number of aliphatic hydroxyl groups is 1. The van der Waals surface area contributed by atoms with Crippen LogP contribution in [-0.4, -0.2) is 25.2 Å². The molecular weight excluding hydrogens is 216 g/mol. The third-order valence-corrected chi connectivity index (χ3v) is 4.97. The second kappa shape index (κ2) is 3.18. The third kappa shape index (κ3) is 1.52. The van der Waals surface area contributed by atoms with E-state index < -0.39 is 22.7 Å². The first-order valence-corrected chi connectivity index (χ1v) is 6.39. The molecule has 4 nitrogen and oxygen atoms in total. The van der Waals surface area contributed by atoms with Crippen molar-refractivity contribution >= 4 is 11.0 Å². The molecule has 0 aromatic heterocycles. The van der Waals surface area contributed by atoms with E-state index in [1.165, 1.54) is 0 Å². The Balaban J connectivity index is 2.20. The first kappa shape index (κ1) is 11.4. The maximum Gasteiger partial charge on any atom is 0.257 e. The molecule has 3 fully saturated rings. The summed E-state index contributed by atoms with van der Waals surface area (Å²) < 4.78 is 25.9. The van der Waals surface area contributed by atoms with Crippen LogP contribution in [0.5, 0.6) is 0 Å². The van der Waals surface area contributed by atoms with Crippen LogP contribution < -0.4 is 0 Å². The molecule has 1 N–H and O–H groups in total. The van der Waals surface area contributed by atoms with Crippen LogP contribution in [0.2, 0.25) is 0 Å². The molecule has 3 aliphatic carbocycles. The molecule has 3 saturated carbocycles. The van der Waals surface area contributed by atoms with Gasteiger partial charge in [0.2, 0.25) is 0 Å². The lowest BCUT2D eigenvalue weighted by Gasteiger charge is -2.64. The minimum absolute atomic E-state index is 0.109. The zero-order valence-electron chi connectivity index (χ0n) is 9.27. The lowest BCUT2D eigenvalue weighted by Crippen LogP contribution is -2.66. The first-order chi connectivity index (χ1) is 6.76. The molecule has 0 aromatic carbocycles. The van der Waals surface area contributed by atoms with E-state index in [0.29, 0.717) is 12.3 Å². The van der Waals surface area contributed by atoms with Gasteiger partial charge in [-0.15, -0.1) is 0 Å². The summed E-state index contributed by atoms with van der Waals surface area (Å²) in [6.45, 7) is 5.96. The summed E-state index contributed by atoms with van der Waals surface area (Å²) in [6, 6.07) is 0. The molecule has 88 valence electrons. The van der Waals surface area contributed by atoms with Gasteiger partial charge in [-0.1, -0.05) is 13.8 Å². The summed E-state index contributed by atoms with van der Waals surface area (Å²) in [7, 11) is -2.87. The highest BCUT2D eigenvalue weighted by Gasteiger charge is 2.63. The summed E-state index contributed by atoms with van der Waals surface area (Å²) in [5.41, 5.74) is -0.911. The Hall–Kier alpha value is -0.130. The maximum atomic E-state index is 10.5. The average Bonchev–Trinajstić information content (AvgIpc) is 2.06. The topological polar surface area (TPSA) is 63.6 Å². The van der Waals surface area contributed by atoms with Gasteiger partial charge in [-0.05, 0) is 37.0 Å². The molecule has 15 heavy (non-hydrogen) atoms. The maximum absolute atomic E-state index is 10.5. The van der Waals surface area contributed by atoms with Gasteiger partial charge < -0.3 is 5.11 Å². The van der Waals surface area contributed by atoms with Gasteiger partial charge in [-0.2, -0.15) is 0 Å². The summed E-state index contributed by atoms with van der Waals surface area (Å²) in [4.78, 5) is 0. The zero-order valence-corrected chi connectivity index (χ0v) is 10.2. The summed E-state index contributed by atoms with van der Waals surface area (Å²) in [5.74, 6) is 0.617. The Labute approximate surface area is 91.8 Å². The smallest absolute Gasteiger partial charge is 0.257 e. The van der Waals surface area contributed by atoms with Crippen molar-refractivity contribution in [2.45, 2.75) is 45.3 Å². The fourth-order valence-electron chi connectivity index (χ4n) is 3.38. The monoisotopic (exact) mass is 234 g/mol. The Kier molecular flexibility index (Phi) is 2.41. The zero-order chi connectivity index (χ0) is 11.4. The SMILES string of the molecule is CC1(C)C2CC(O[SH](=O)=O)C(C)(O)C1C2. The van der Waals surface area contributed by atoms with Gasteiger partial charge in [0.1, 0.15) is 6.10 Å². The van der Waals surface area contributed by atoms with Crippen LogP contribution in [0, 0.1) is 17.3 Å². The highest BCUT2D eigenvalue weighted by molar-refractivity contribution is 7.67. The Bertz CT molecular complexity index is 337. The van der Waals surface area contributed by atoms with Crippen molar-refractivity contribution in [3.05, 3.63) is 0 Å². The fourth-order valence-corrected chi connectivity index (χ4v) is 3.89. The second-order valence-corrected chi connectivity index (χ2v) is 6.24. The van der Waals surface area contributed by atoms with E-state index in [2.05, 4.69) is 13.8 Å². The predicted molar refractivity (Wildman–Crippen MR) is 55.8 cm³/mol. The molecule has 0 heterocycles. The van der Waals surface area contributed by atoms with Crippen LogP contribution in [-0.2, 0) is 15.2 Å². The molecule has 0 radical (unpaired) electrons. The standard InChI is InChI=1S/C10H18O4S/c1-9(2)6-4-7(9)10(3,11)8(5-6)14-15(12)13/h6-8,11,15H,4-5H2,1-3H3. The molecule has 4 atom stereocenters. The minimum atomic E-state index is -2.87. The molecule has 0 saturated heterocycles. The third-order valence-electron chi connectivity index (χ3n) is 4.54. The molecule has 3 aliphatic rings. The molecular formula is C10H18O4S. The lowest BCUT2D eigenvalue weighted by molar-refractivity contribution is -0.237. The van der Waals surface area contributed by atoms with Crippen LogP contribution >= 0.6 is 0 Å². The van der Waals surface area contributed by atoms with Crippen LogP contribution in [0.1, 0.15) is 33.6 Å². The van der Waals surface area contributed by atoms with Crippen molar-refractivity contribution in [3.8, 4) is 0 Å². The molecule has 0 amide bonds. The Morgan fingerprint density at radius 3 is 2.27 bits per heavy atom. The number of hydrogen-bond acceptors (Lipinski definition) is 4. The van der Waals surface area contributed by atoms with Crippen molar-refractivity contribution in [1.82, 2.24) is 0 Å². The highest BCUT2D eigenvalue weighted by atomic mass is 32.2. The van der Waals surface area contributed by atoms with Gasteiger partial charge >= 0.3 is 0 Å². The normalized spacial score (nSPS) is 47.7. The highest BCUT2D eigenvalue weighted by Crippen LogP contribution is 2.63. The van der Waals surface area contributed by atoms with Crippen LogP contribution in [0.15, 0.2) is 0 Å². The van der Waals surface area contributed by atoms with E-state index in [0.717, 1.165) is 6.42 Å². The Morgan fingerprint density at radius 2 is 1.87 bits per heavy atom. The molecule has 5 heteroatoms. The van der Waals surface area contributed by atoms with Gasteiger partial charge in [-0.3, -0.25) is 4.18 Å². The first-order valence-electron chi connectivity index (χ1n) is 5.29. The minimum Gasteiger partial charge on any atom is -0.387 e. The number of hydrogen-bond donors (Lipinski definition) is 2. The molecule has 3 rings (SSSR count). The van der Waals surface area contributed by atoms with Gasteiger partial charge in [0, 0.05) is 0 Å². The van der Waals surface area contributed by atoms with Crippen LogP contribution in [0.25, 0.3) is 0 Å². The van der Waals surface area contributed by atoms with Crippen molar-refractivity contribution in [1.29, 1.82) is 0 Å². The van der Waals surface area contributed by atoms with E-state index in [4.69, 9.17) is 4.18 Å². The summed E-state index contributed by atoms with van der Waals surface area (Å²) in [6.07, 6.45) is 1.06. The number of fused-ring (bicyclic) bond motifs is 2.